The minimum Gasteiger partial charge on any atom is -0.380 e. The van der Waals surface area contributed by atoms with Crippen LogP contribution in [0, 0.1) is 6.92 Å². The first-order valence-corrected chi connectivity index (χ1v) is 7.03. The highest BCUT2D eigenvalue weighted by Gasteiger charge is 2.17. The van der Waals surface area contributed by atoms with Crippen LogP contribution in [0.2, 0.25) is 0 Å². The van der Waals surface area contributed by atoms with Crippen LogP contribution >= 0.6 is 0 Å². The van der Waals surface area contributed by atoms with Crippen molar-refractivity contribution >= 4 is 16.6 Å². The van der Waals surface area contributed by atoms with Crippen LogP contribution in [0.25, 0.3) is 10.9 Å². The molecule has 1 aliphatic heterocycles. The number of nitrogens with one attached hydrogen (secondary N) is 1. The molecule has 3 nitrogen and oxygen atoms in total. The molecule has 2 heterocycles. The van der Waals surface area contributed by atoms with Gasteiger partial charge in [-0.2, -0.15) is 0 Å². The molecule has 0 spiro atoms. The average Bonchev–Trinajstić information content (AvgIpc) is 2.41. The molecule has 0 radical (unpaired) electrons. The Kier molecular flexibility index (Phi) is 3.38. The molecule has 1 aromatic carbocycles. The molecule has 0 atom stereocenters. The van der Waals surface area contributed by atoms with Crippen molar-refractivity contribution in [3.8, 4) is 0 Å². The fourth-order valence-electron chi connectivity index (χ4n) is 2.83. The van der Waals surface area contributed by atoms with Crippen molar-refractivity contribution in [2.24, 2.45) is 0 Å². The largest absolute Gasteiger partial charge is 0.380 e. The highest BCUT2D eigenvalue weighted by Crippen LogP contribution is 2.25. The third-order valence-corrected chi connectivity index (χ3v) is 3.93. The average molecular weight is 255 g/mol. The maximum absolute atomic E-state index is 4.53. The van der Waals surface area contributed by atoms with E-state index in [2.05, 4.69) is 47.4 Å². The lowest BCUT2D eigenvalue weighted by Gasteiger charge is -2.30. The Bertz CT molecular complexity index is 571. The van der Waals surface area contributed by atoms with E-state index < -0.39 is 0 Å². The summed E-state index contributed by atoms with van der Waals surface area (Å²) in [5, 5.41) is 4.92. The van der Waals surface area contributed by atoms with Gasteiger partial charge < -0.3 is 10.2 Å². The molecule has 3 heteroatoms. The zero-order valence-electron chi connectivity index (χ0n) is 11.7. The third kappa shape index (κ3) is 2.71. The molecule has 0 bridgehead atoms. The van der Waals surface area contributed by atoms with Crippen LogP contribution in [0.1, 0.15) is 18.4 Å². The molecule has 2 aromatic rings. The predicted octanol–water partition coefficient (Wildman–Crippen LogP) is 3.05. The van der Waals surface area contributed by atoms with Gasteiger partial charge in [-0.15, -0.1) is 0 Å². The summed E-state index contributed by atoms with van der Waals surface area (Å²) in [5.41, 5.74) is 3.56. The molecule has 1 saturated heterocycles. The van der Waals surface area contributed by atoms with E-state index in [1.807, 2.05) is 12.3 Å². The predicted molar refractivity (Wildman–Crippen MR) is 80.6 cm³/mol. The maximum atomic E-state index is 4.53. The highest BCUT2D eigenvalue weighted by molar-refractivity contribution is 5.91. The van der Waals surface area contributed by atoms with Gasteiger partial charge in [-0.25, -0.2) is 0 Å². The van der Waals surface area contributed by atoms with Crippen molar-refractivity contribution in [1.29, 1.82) is 0 Å². The first kappa shape index (κ1) is 12.4. The number of aromatic nitrogens is 1. The summed E-state index contributed by atoms with van der Waals surface area (Å²) in [4.78, 5) is 6.92. The van der Waals surface area contributed by atoms with Crippen molar-refractivity contribution < 1.29 is 0 Å². The van der Waals surface area contributed by atoms with Crippen LogP contribution in [0.4, 0.5) is 5.69 Å². The second-order valence-corrected chi connectivity index (χ2v) is 5.61. The fraction of sp³-hybridized carbons (Fsp3) is 0.438. The number of hydrogen-bond acceptors (Lipinski definition) is 3. The van der Waals surface area contributed by atoms with E-state index in [1.165, 1.54) is 42.6 Å². The van der Waals surface area contributed by atoms with Crippen molar-refractivity contribution in [2.75, 3.05) is 25.5 Å². The van der Waals surface area contributed by atoms with Crippen molar-refractivity contribution in [3.63, 3.8) is 0 Å². The van der Waals surface area contributed by atoms with E-state index in [1.54, 1.807) is 0 Å². The molecule has 100 valence electrons. The Labute approximate surface area is 114 Å². The monoisotopic (exact) mass is 255 g/mol. The van der Waals surface area contributed by atoms with Crippen molar-refractivity contribution in [1.82, 2.24) is 9.88 Å². The van der Waals surface area contributed by atoms with Crippen LogP contribution in [-0.2, 0) is 0 Å². The lowest BCUT2D eigenvalue weighted by Crippen LogP contribution is -2.36. The molecule has 0 unspecified atom stereocenters. The van der Waals surface area contributed by atoms with E-state index in [9.17, 15) is 0 Å². The third-order valence-electron chi connectivity index (χ3n) is 3.93. The molecule has 1 N–H and O–H groups in total. The molecular formula is C16H21N3. The van der Waals surface area contributed by atoms with Gasteiger partial charge in [-0.1, -0.05) is 6.07 Å². The molecule has 1 aromatic heterocycles. The van der Waals surface area contributed by atoms with Gasteiger partial charge in [0.25, 0.3) is 0 Å². The number of benzene rings is 1. The number of rotatable bonds is 2. The molecule has 0 saturated carbocycles. The van der Waals surface area contributed by atoms with Gasteiger partial charge in [-0.3, -0.25) is 4.98 Å². The molecule has 19 heavy (non-hydrogen) atoms. The quantitative estimate of drug-likeness (QED) is 0.894. The van der Waals surface area contributed by atoms with Gasteiger partial charge >= 0.3 is 0 Å². The van der Waals surface area contributed by atoms with Gasteiger partial charge in [0.15, 0.2) is 0 Å². The van der Waals surface area contributed by atoms with Crippen LogP contribution in [0.3, 0.4) is 0 Å². The van der Waals surface area contributed by atoms with Crippen LogP contribution < -0.4 is 5.32 Å². The van der Waals surface area contributed by atoms with Crippen LogP contribution in [0.15, 0.2) is 30.5 Å². The summed E-state index contributed by atoms with van der Waals surface area (Å²) in [6.45, 7) is 4.50. The highest BCUT2D eigenvalue weighted by atomic mass is 15.1. The number of likely N-dealkylation sites (tertiary alicyclic amines) is 1. The van der Waals surface area contributed by atoms with Crippen LogP contribution in [0.5, 0.6) is 0 Å². The van der Waals surface area contributed by atoms with Gasteiger partial charge in [0.05, 0.1) is 11.2 Å². The second kappa shape index (κ2) is 5.17. The molecule has 0 aliphatic carbocycles. The lowest BCUT2D eigenvalue weighted by atomic mass is 10.0. The fourth-order valence-corrected chi connectivity index (χ4v) is 2.83. The summed E-state index contributed by atoms with van der Waals surface area (Å²) in [6.07, 6.45) is 4.29. The topological polar surface area (TPSA) is 28.2 Å². The number of nitrogens with zero attached hydrogens (tertiary/aromatic N) is 2. The SMILES string of the molecule is Cc1cc(NC2CCN(C)CC2)c2ncccc2c1. The van der Waals surface area contributed by atoms with E-state index in [-0.39, 0.29) is 0 Å². The van der Waals surface area contributed by atoms with Gasteiger partial charge in [0, 0.05) is 17.6 Å². The standard InChI is InChI=1S/C16H21N3/c1-12-10-13-4-3-7-17-16(13)15(11-12)18-14-5-8-19(2)9-6-14/h3-4,7,10-11,14,18H,5-6,8-9H2,1-2H3. The Morgan fingerprint density at radius 3 is 2.84 bits per heavy atom. The van der Waals surface area contributed by atoms with E-state index in [4.69, 9.17) is 0 Å². The zero-order valence-corrected chi connectivity index (χ0v) is 11.7. The smallest absolute Gasteiger partial charge is 0.0933 e. The van der Waals surface area contributed by atoms with Crippen molar-refractivity contribution in [2.45, 2.75) is 25.8 Å². The normalized spacial score (nSPS) is 17.8. The van der Waals surface area contributed by atoms with Crippen molar-refractivity contribution in [3.05, 3.63) is 36.0 Å². The minimum atomic E-state index is 0.572. The Hall–Kier alpha value is -1.61. The number of piperidine rings is 1. The Morgan fingerprint density at radius 2 is 2.05 bits per heavy atom. The molecule has 0 amide bonds. The van der Waals surface area contributed by atoms with E-state index in [0.29, 0.717) is 6.04 Å². The summed E-state index contributed by atoms with van der Waals surface area (Å²) < 4.78 is 0. The summed E-state index contributed by atoms with van der Waals surface area (Å²) in [6, 6.07) is 9.12. The Morgan fingerprint density at radius 1 is 1.26 bits per heavy atom. The first-order valence-electron chi connectivity index (χ1n) is 7.03. The lowest BCUT2D eigenvalue weighted by molar-refractivity contribution is 0.264. The van der Waals surface area contributed by atoms with Gasteiger partial charge in [-0.05, 0) is 63.7 Å². The van der Waals surface area contributed by atoms with E-state index >= 15 is 0 Å². The Balaban J connectivity index is 1.88. The zero-order chi connectivity index (χ0) is 13.2. The minimum absolute atomic E-state index is 0.572. The van der Waals surface area contributed by atoms with E-state index in [0.717, 1.165) is 5.52 Å². The summed E-state index contributed by atoms with van der Waals surface area (Å²) in [5.74, 6) is 0. The number of fused-ring (bicyclic) bond motifs is 1. The first-order chi connectivity index (χ1) is 9.22. The number of aryl methyl sites for hydroxylation is 1. The summed E-state index contributed by atoms with van der Waals surface area (Å²) in [7, 11) is 2.19. The number of anilines is 1. The molecule has 3 rings (SSSR count). The molecular weight excluding hydrogens is 234 g/mol. The second-order valence-electron chi connectivity index (χ2n) is 5.61. The van der Waals surface area contributed by atoms with Gasteiger partial charge in [0.1, 0.15) is 0 Å². The van der Waals surface area contributed by atoms with Gasteiger partial charge in [0.2, 0.25) is 0 Å². The number of pyridine rings is 1. The summed E-state index contributed by atoms with van der Waals surface area (Å²) >= 11 is 0. The molecule has 1 fully saturated rings. The maximum Gasteiger partial charge on any atom is 0.0933 e. The molecule has 1 aliphatic rings. The number of hydrogen-bond donors (Lipinski definition) is 1. The van der Waals surface area contributed by atoms with Crippen LogP contribution in [-0.4, -0.2) is 36.1 Å².